The van der Waals surface area contributed by atoms with Crippen LogP contribution in [-0.2, 0) is 6.61 Å². The molecule has 0 aliphatic heterocycles. The molecule has 0 saturated carbocycles. The monoisotopic (exact) mass is 428 g/mol. The van der Waals surface area contributed by atoms with Crippen LogP contribution in [-0.4, -0.2) is 16.1 Å². The fourth-order valence-corrected chi connectivity index (χ4v) is 3.37. The summed E-state index contributed by atoms with van der Waals surface area (Å²) in [6, 6.07) is 27.7. The van der Waals surface area contributed by atoms with Gasteiger partial charge in [0.15, 0.2) is 5.11 Å². The summed E-state index contributed by atoms with van der Waals surface area (Å²) in [5.74, 6) is 0.260. The van der Waals surface area contributed by atoms with Gasteiger partial charge in [0.25, 0.3) is 5.91 Å². The van der Waals surface area contributed by atoms with Gasteiger partial charge in [-0.1, -0.05) is 66.7 Å². The van der Waals surface area contributed by atoms with Crippen molar-refractivity contribution in [3.63, 3.8) is 0 Å². The molecule has 0 spiro atoms. The van der Waals surface area contributed by atoms with Crippen molar-refractivity contribution in [3.05, 3.63) is 102 Å². The Labute approximate surface area is 185 Å². The Balaban J connectivity index is 1.43. The molecule has 0 fully saturated rings. The van der Waals surface area contributed by atoms with Gasteiger partial charge in [-0.15, -0.1) is 0 Å². The quantitative estimate of drug-likeness (QED) is 0.299. The SMILES string of the molecule is O=C(NC(=S)Nc1c(O)ccc2ccccc12)c1cccc(OCc2ccccc2)c1. The Bertz CT molecular complexity index is 1240. The summed E-state index contributed by atoms with van der Waals surface area (Å²) in [5, 5.41) is 17.7. The Morgan fingerprint density at radius 1 is 0.903 bits per heavy atom. The summed E-state index contributed by atoms with van der Waals surface area (Å²) in [7, 11) is 0. The Hall–Kier alpha value is -3.90. The van der Waals surface area contributed by atoms with Crippen LogP contribution in [0.4, 0.5) is 5.69 Å². The number of anilines is 1. The number of fused-ring (bicyclic) bond motifs is 1. The van der Waals surface area contributed by atoms with Crippen LogP contribution in [0.2, 0.25) is 0 Å². The minimum absolute atomic E-state index is 0.0478. The van der Waals surface area contributed by atoms with Gasteiger partial charge in [0.2, 0.25) is 0 Å². The Morgan fingerprint density at radius 2 is 1.68 bits per heavy atom. The molecule has 0 aliphatic rings. The molecule has 4 rings (SSSR count). The summed E-state index contributed by atoms with van der Waals surface area (Å²) in [4.78, 5) is 12.7. The first-order valence-corrected chi connectivity index (χ1v) is 10.1. The summed E-state index contributed by atoms with van der Waals surface area (Å²) < 4.78 is 5.79. The van der Waals surface area contributed by atoms with Crippen LogP contribution in [0.5, 0.6) is 11.5 Å². The fraction of sp³-hybridized carbons (Fsp3) is 0.0400. The summed E-state index contributed by atoms with van der Waals surface area (Å²) >= 11 is 5.30. The van der Waals surface area contributed by atoms with Gasteiger partial charge in [0, 0.05) is 10.9 Å². The van der Waals surface area contributed by atoms with Crippen LogP contribution in [0.3, 0.4) is 0 Å². The van der Waals surface area contributed by atoms with Gasteiger partial charge in [-0.25, -0.2) is 0 Å². The van der Waals surface area contributed by atoms with E-state index in [1.54, 1.807) is 30.3 Å². The predicted octanol–water partition coefficient (Wildman–Crippen LogP) is 5.25. The number of nitrogens with one attached hydrogen (secondary N) is 2. The van der Waals surface area contributed by atoms with Crippen LogP contribution < -0.4 is 15.4 Å². The van der Waals surface area contributed by atoms with E-state index >= 15 is 0 Å². The molecule has 0 bridgehead atoms. The minimum Gasteiger partial charge on any atom is -0.506 e. The molecule has 0 saturated heterocycles. The maximum Gasteiger partial charge on any atom is 0.257 e. The van der Waals surface area contributed by atoms with E-state index in [0.717, 1.165) is 16.3 Å². The average molecular weight is 429 g/mol. The van der Waals surface area contributed by atoms with Gasteiger partial charge in [0.1, 0.15) is 18.1 Å². The third kappa shape index (κ3) is 4.99. The first-order valence-electron chi connectivity index (χ1n) is 9.70. The normalized spacial score (nSPS) is 10.5. The topological polar surface area (TPSA) is 70.6 Å². The zero-order chi connectivity index (χ0) is 21.6. The van der Waals surface area contributed by atoms with E-state index in [1.807, 2.05) is 60.7 Å². The van der Waals surface area contributed by atoms with Gasteiger partial charge in [-0.3, -0.25) is 10.1 Å². The molecule has 3 N–H and O–H groups in total. The van der Waals surface area contributed by atoms with E-state index in [4.69, 9.17) is 17.0 Å². The summed E-state index contributed by atoms with van der Waals surface area (Å²) in [6.45, 7) is 0.409. The number of hydrogen-bond acceptors (Lipinski definition) is 4. The number of hydrogen-bond donors (Lipinski definition) is 3. The zero-order valence-corrected chi connectivity index (χ0v) is 17.4. The highest BCUT2D eigenvalue weighted by Gasteiger charge is 2.12. The van der Waals surface area contributed by atoms with Crippen LogP contribution >= 0.6 is 12.2 Å². The number of benzene rings is 4. The van der Waals surface area contributed by atoms with Crippen molar-refractivity contribution in [2.75, 3.05) is 5.32 Å². The molecule has 0 aromatic heterocycles. The molecule has 0 radical (unpaired) electrons. The lowest BCUT2D eigenvalue weighted by Crippen LogP contribution is -2.34. The van der Waals surface area contributed by atoms with E-state index in [0.29, 0.717) is 23.6 Å². The van der Waals surface area contributed by atoms with Crippen LogP contribution in [0.25, 0.3) is 10.8 Å². The lowest BCUT2D eigenvalue weighted by Gasteiger charge is -2.14. The van der Waals surface area contributed by atoms with E-state index in [-0.39, 0.29) is 16.8 Å². The number of rotatable bonds is 5. The maximum atomic E-state index is 12.7. The molecular formula is C25H20N2O3S. The second-order valence-electron chi connectivity index (χ2n) is 6.89. The molecule has 1 amide bonds. The van der Waals surface area contributed by atoms with Crippen molar-refractivity contribution >= 4 is 39.7 Å². The third-order valence-electron chi connectivity index (χ3n) is 4.72. The van der Waals surface area contributed by atoms with Crippen molar-refractivity contribution in [3.8, 4) is 11.5 Å². The van der Waals surface area contributed by atoms with Crippen molar-refractivity contribution in [1.82, 2.24) is 5.32 Å². The molecular weight excluding hydrogens is 408 g/mol. The number of carbonyl (C=O) groups excluding carboxylic acids is 1. The van der Waals surface area contributed by atoms with Crippen LogP contribution in [0, 0.1) is 0 Å². The minimum atomic E-state index is -0.373. The molecule has 5 nitrogen and oxygen atoms in total. The van der Waals surface area contributed by atoms with Crippen molar-refractivity contribution in [2.45, 2.75) is 6.61 Å². The van der Waals surface area contributed by atoms with Crippen molar-refractivity contribution in [2.24, 2.45) is 0 Å². The van der Waals surface area contributed by atoms with Gasteiger partial charge in [0.05, 0.1) is 5.69 Å². The number of phenols is 1. The molecule has 6 heteroatoms. The van der Waals surface area contributed by atoms with Crippen molar-refractivity contribution in [1.29, 1.82) is 0 Å². The maximum absolute atomic E-state index is 12.7. The van der Waals surface area contributed by atoms with Crippen LogP contribution in [0.1, 0.15) is 15.9 Å². The smallest absolute Gasteiger partial charge is 0.257 e. The average Bonchev–Trinajstić information content (AvgIpc) is 2.80. The van der Waals surface area contributed by atoms with Crippen LogP contribution in [0.15, 0.2) is 91.0 Å². The molecule has 154 valence electrons. The fourth-order valence-electron chi connectivity index (χ4n) is 3.18. The number of thiocarbonyl (C=S) groups is 1. The number of ether oxygens (including phenoxy) is 1. The molecule has 0 heterocycles. The molecule has 0 atom stereocenters. The second kappa shape index (κ2) is 9.28. The molecule has 0 aliphatic carbocycles. The Morgan fingerprint density at radius 3 is 2.52 bits per heavy atom. The second-order valence-corrected chi connectivity index (χ2v) is 7.30. The van der Waals surface area contributed by atoms with Gasteiger partial charge < -0.3 is 15.2 Å². The van der Waals surface area contributed by atoms with E-state index < -0.39 is 0 Å². The third-order valence-corrected chi connectivity index (χ3v) is 4.92. The van der Waals surface area contributed by atoms with Crippen molar-refractivity contribution < 1.29 is 14.6 Å². The van der Waals surface area contributed by atoms with E-state index in [9.17, 15) is 9.90 Å². The highest BCUT2D eigenvalue weighted by molar-refractivity contribution is 7.80. The molecule has 4 aromatic carbocycles. The first-order chi connectivity index (χ1) is 15.1. The van der Waals surface area contributed by atoms with E-state index in [1.165, 1.54) is 0 Å². The molecule has 0 unspecified atom stereocenters. The molecule has 31 heavy (non-hydrogen) atoms. The van der Waals surface area contributed by atoms with Gasteiger partial charge in [-0.2, -0.15) is 0 Å². The lowest BCUT2D eigenvalue weighted by atomic mass is 10.1. The largest absolute Gasteiger partial charge is 0.506 e. The lowest BCUT2D eigenvalue weighted by molar-refractivity contribution is 0.0977. The molecule has 4 aromatic rings. The highest BCUT2D eigenvalue weighted by atomic mass is 32.1. The number of amides is 1. The number of phenolic OH excluding ortho intramolecular Hbond substituents is 1. The van der Waals surface area contributed by atoms with Gasteiger partial charge >= 0.3 is 0 Å². The highest BCUT2D eigenvalue weighted by Crippen LogP contribution is 2.32. The standard InChI is InChI=1S/C25H20N2O3S/c28-22-14-13-18-9-4-5-12-21(18)23(22)26-25(31)27-24(29)19-10-6-11-20(15-19)30-16-17-7-2-1-3-8-17/h1-15,28H,16H2,(H2,26,27,29,31). The zero-order valence-electron chi connectivity index (χ0n) is 16.5. The van der Waals surface area contributed by atoms with E-state index in [2.05, 4.69) is 10.6 Å². The first kappa shape index (κ1) is 20.4. The Kier molecular flexibility index (Phi) is 6.10. The number of carbonyl (C=O) groups is 1. The number of aromatic hydroxyl groups is 1. The predicted molar refractivity (Wildman–Crippen MR) is 127 cm³/mol. The van der Waals surface area contributed by atoms with Gasteiger partial charge in [-0.05, 0) is 47.4 Å². The summed E-state index contributed by atoms with van der Waals surface area (Å²) in [5.41, 5.74) is 1.90. The summed E-state index contributed by atoms with van der Waals surface area (Å²) in [6.07, 6.45) is 0.